The van der Waals surface area contributed by atoms with Crippen LogP contribution in [0.15, 0.2) is 48.5 Å². The maximum Gasteiger partial charge on any atom is 0.137 e. The lowest BCUT2D eigenvalue weighted by molar-refractivity contribution is 0.288. The van der Waals surface area contributed by atoms with Crippen molar-refractivity contribution >= 4 is 23.2 Å². The Hall–Kier alpha value is -1.38. The maximum absolute atomic E-state index is 6.02. The summed E-state index contributed by atoms with van der Waals surface area (Å²) in [6.45, 7) is 1.38. The van der Waals surface area contributed by atoms with Crippen LogP contribution in [0.3, 0.4) is 0 Å². The first-order chi connectivity index (χ1) is 10.8. The first-order valence-corrected chi connectivity index (χ1v) is 8.27. The van der Waals surface area contributed by atoms with Gasteiger partial charge in [-0.1, -0.05) is 47.5 Å². The second kappa shape index (κ2) is 9.60. The van der Waals surface area contributed by atoms with Gasteiger partial charge in [0.2, 0.25) is 0 Å². The lowest BCUT2D eigenvalue weighted by Gasteiger charge is -2.08. The zero-order valence-electron chi connectivity index (χ0n) is 12.4. The van der Waals surface area contributed by atoms with Gasteiger partial charge in [0.15, 0.2) is 0 Å². The van der Waals surface area contributed by atoms with Gasteiger partial charge >= 0.3 is 0 Å². The number of unbranched alkanes of at least 4 members (excludes halogenated alkanes) is 3. The number of rotatable bonds is 9. The molecule has 0 heterocycles. The van der Waals surface area contributed by atoms with Crippen LogP contribution in [0.25, 0.3) is 0 Å². The molecule has 0 aliphatic carbocycles. The number of ether oxygens (including phenoxy) is 2. The Balaban J connectivity index is 1.51. The number of benzene rings is 2. The largest absolute Gasteiger partial charge is 0.492 e. The fraction of sp³-hybridized carbons (Fsp3) is 0.333. The molecule has 2 rings (SSSR count). The Labute approximate surface area is 142 Å². The molecule has 2 aromatic rings. The number of hydrogen-bond acceptors (Lipinski definition) is 2. The highest BCUT2D eigenvalue weighted by molar-refractivity contribution is 6.32. The van der Waals surface area contributed by atoms with Crippen molar-refractivity contribution in [3.8, 4) is 11.5 Å². The van der Waals surface area contributed by atoms with Gasteiger partial charge in [0.05, 0.1) is 23.3 Å². The summed E-state index contributed by atoms with van der Waals surface area (Å²) in [7, 11) is 0. The third kappa shape index (κ3) is 5.78. The molecule has 0 unspecified atom stereocenters. The molecule has 0 spiro atoms. The Kier molecular flexibility index (Phi) is 7.41. The maximum atomic E-state index is 6.02. The standard InChI is InChI=1S/C18H20Cl2O2/c19-15-9-3-5-11-17(15)21-13-7-1-2-8-14-22-18-12-6-4-10-16(18)20/h3-6,9-12H,1-2,7-8,13-14H2. The van der Waals surface area contributed by atoms with Gasteiger partial charge in [-0.25, -0.2) is 0 Å². The van der Waals surface area contributed by atoms with Gasteiger partial charge in [-0.05, 0) is 49.9 Å². The van der Waals surface area contributed by atoms with Crippen molar-refractivity contribution in [3.63, 3.8) is 0 Å². The first kappa shape index (κ1) is 17.0. The van der Waals surface area contributed by atoms with Crippen LogP contribution in [-0.4, -0.2) is 13.2 Å². The molecule has 0 aliphatic heterocycles. The van der Waals surface area contributed by atoms with Crippen LogP contribution in [0, 0.1) is 0 Å². The van der Waals surface area contributed by atoms with Gasteiger partial charge in [0, 0.05) is 0 Å². The molecule has 0 bridgehead atoms. The number of para-hydroxylation sites is 2. The molecule has 0 N–H and O–H groups in total. The molecule has 0 fully saturated rings. The van der Waals surface area contributed by atoms with E-state index >= 15 is 0 Å². The summed E-state index contributed by atoms with van der Waals surface area (Å²) in [4.78, 5) is 0. The van der Waals surface area contributed by atoms with E-state index in [0.717, 1.165) is 37.2 Å². The van der Waals surface area contributed by atoms with E-state index in [0.29, 0.717) is 23.3 Å². The van der Waals surface area contributed by atoms with E-state index in [1.165, 1.54) is 0 Å². The monoisotopic (exact) mass is 338 g/mol. The lowest BCUT2D eigenvalue weighted by atomic mass is 10.2. The predicted molar refractivity (Wildman–Crippen MR) is 92.4 cm³/mol. The zero-order valence-corrected chi connectivity index (χ0v) is 13.9. The molecule has 0 atom stereocenters. The molecule has 118 valence electrons. The molecule has 4 heteroatoms. The molecule has 0 saturated heterocycles. The molecular weight excluding hydrogens is 319 g/mol. The molecule has 2 nitrogen and oxygen atoms in total. The Morgan fingerprint density at radius 3 is 1.41 bits per heavy atom. The fourth-order valence-corrected chi connectivity index (χ4v) is 2.43. The molecule has 0 radical (unpaired) electrons. The topological polar surface area (TPSA) is 18.5 Å². The normalized spacial score (nSPS) is 10.5. The number of hydrogen-bond donors (Lipinski definition) is 0. The van der Waals surface area contributed by atoms with E-state index in [1.807, 2.05) is 48.5 Å². The molecule has 0 aromatic heterocycles. The minimum atomic E-state index is 0.663. The van der Waals surface area contributed by atoms with Crippen LogP contribution in [-0.2, 0) is 0 Å². The Morgan fingerprint density at radius 2 is 1.00 bits per heavy atom. The SMILES string of the molecule is Clc1ccccc1OCCCCCCOc1ccccc1Cl. The third-order valence-corrected chi connectivity index (χ3v) is 3.85. The highest BCUT2D eigenvalue weighted by atomic mass is 35.5. The van der Waals surface area contributed by atoms with E-state index in [4.69, 9.17) is 32.7 Å². The van der Waals surface area contributed by atoms with E-state index in [1.54, 1.807) is 0 Å². The van der Waals surface area contributed by atoms with Crippen LogP contribution >= 0.6 is 23.2 Å². The van der Waals surface area contributed by atoms with E-state index in [-0.39, 0.29) is 0 Å². The molecule has 0 saturated carbocycles. The van der Waals surface area contributed by atoms with E-state index in [2.05, 4.69) is 0 Å². The minimum absolute atomic E-state index is 0.663. The zero-order chi connectivity index (χ0) is 15.6. The second-order valence-corrected chi connectivity index (χ2v) is 5.79. The van der Waals surface area contributed by atoms with Crippen molar-refractivity contribution in [2.75, 3.05) is 13.2 Å². The van der Waals surface area contributed by atoms with Crippen LogP contribution in [0.4, 0.5) is 0 Å². The summed E-state index contributed by atoms with van der Waals surface area (Å²) in [5.74, 6) is 1.51. The summed E-state index contributed by atoms with van der Waals surface area (Å²) in [6, 6.07) is 15.1. The molecule has 2 aromatic carbocycles. The van der Waals surface area contributed by atoms with Crippen molar-refractivity contribution in [1.29, 1.82) is 0 Å². The second-order valence-electron chi connectivity index (χ2n) is 4.97. The van der Waals surface area contributed by atoms with Gasteiger partial charge in [-0.2, -0.15) is 0 Å². The van der Waals surface area contributed by atoms with Crippen molar-refractivity contribution in [2.24, 2.45) is 0 Å². The quantitative estimate of drug-likeness (QED) is 0.521. The van der Waals surface area contributed by atoms with Gasteiger partial charge in [0.25, 0.3) is 0 Å². The molecule has 0 amide bonds. The summed E-state index contributed by atoms with van der Waals surface area (Å²) >= 11 is 12.0. The molecule has 0 aliphatic rings. The van der Waals surface area contributed by atoms with Crippen LogP contribution < -0.4 is 9.47 Å². The summed E-state index contributed by atoms with van der Waals surface area (Å²) < 4.78 is 11.3. The highest BCUT2D eigenvalue weighted by Gasteiger charge is 2.00. The highest BCUT2D eigenvalue weighted by Crippen LogP contribution is 2.24. The average molecular weight is 339 g/mol. The minimum Gasteiger partial charge on any atom is -0.492 e. The van der Waals surface area contributed by atoms with Crippen molar-refractivity contribution < 1.29 is 9.47 Å². The smallest absolute Gasteiger partial charge is 0.137 e. The van der Waals surface area contributed by atoms with Crippen molar-refractivity contribution in [3.05, 3.63) is 58.6 Å². The fourth-order valence-electron chi connectivity index (χ4n) is 2.05. The van der Waals surface area contributed by atoms with Gasteiger partial charge in [-0.3, -0.25) is 0 Å². The molecular formula is C18H20Cl2O2. The van der Waals surface area contributed by atoms with Crippen molar-refractivity contribution in [2.45, 2.75) is 25.7 Å². The summed E-state index contributed by atoms with van der Waals surface area (Å²) in [6.07, 6.45) is 4.24. The third-order valence-electron chi connectivity index (χ3n) is 3.23. The first-order valence-electron chi connectivity index (χ1n) is 7.52. The van der Waals surface area contributed by atoms with E-state index in [9.17, 15) is 0 Å². The average Bonchev–Trinajstić information content (AvgIpc) is 2.53. The Morgan fingerprint density at radius 1 is 0.591 bits per heavy atom. The van der Waals surface area contributed by atoms with Crippen LogP contribution in [0.1, 0.15) is 25.7 Å². The molecule has 22 heavy (non-hydrogen) atoms. The van der Waals surface area contributed by atoms with Gasteiger partial charge in [-0.15, -0.1) is 0 Å². The van der Waals surface area contributed by atoms with Crippen LogP contribution in [0.5, 0.6) is 11.5 Å². The Bertz CT molecular complexity index is 521. The predicted octanol–water partition coefficient (Wildman–Crippen LogP) is 6.01. The summed E-state index contributed by atoms with van der Waals surface area (Å²) in [5.41, 5.74) is 0. The van der Waals surface area contributed by atoms with Gasteiger partial charge in [0.1, 0.15) is 11.5 Å². The summed E-state index contributed by atoms with van der Waals surface area (Å²) in [5, 5.41) is 1.33. The van der Waals surface area contributed by atoms with E-state index < -0.39 is 0 Å². The van der Waals surface area contributed by atoms with Crippen LogP contribution in [0.2, 0.25) is 10.0 Å². The lowest BCUT2D eigenvalue weighted by Crippen LogP contribution is -2.00. The van der Waals surface area contributed by atoms with Crippen molar-refractivity contribution in [1.82, 2.24) is 0 Å². The van der Waals surface area contributed by atoms with Gasteiger partial charge < -0.3 is 9.47 Å². The number of halogens is 2.